The zero-order valence-electron chi connectivity index (χ0n) is 12.7. The van der Waals surface area contributed by atoms with Gasteiger partial charge in [-0.15, -0.1) is 11.8 Å². The summed E-state index contributed by atoms with van der Waals surface area (Å²) in [4.78, 5) is 12.5. The molecular weight excluding hydrogens is 338 g/mol. The van der Waals surface area contributed by atoms with Gasteiger partial charge < -0.3 is 30.9 Å². The van der Waals surface area contributed by atoms with Crippen LogP contribution >= 0.6 is 11.8 Å². The maximum Gasteiger partial charge on any atom is 0.223 e. The van der Waals surface area contributed by atoms with E-state index >= 15 is 0 Å². The van der Waals surface area contributed by atoms with E-state index in [0.717, 1.165) is 0 Å². The van der Waals surface area contributed by atoms with Gasteiger partial charge in [0.15, 0.2) is 11.9 Å². The summed E-state index contributed by atoms with van der Waals surface area (Å²) in [7, 11) is 0. The van der Waals surface area contributed by atoms with E-state index in [1.54, 1.807) is 0 Å². The van der Waals surface area contributed by atoms with Crippen molar-refractivity contribution in [1.82, 2.24) is 19.5 Å². The number of rotatable bonds is 6. The molecule has 4 atom stereocenters. The molecule has 10 nitrogen and oxygen atoms in total. The Kier molecular flexibility index (Phi) is 5.18. The molecule has 2 aromatic rings. The molecule has 11 heteroatoms. The number of nitrogens with zero attached hydrogens (tertiary/aromatic N) is 4. The summed E-state index contributed by atoms with van der Waals surface area (Å²) in [6.45, 7) is -0.651. The first-order chi connectivity index (χ1) is 11.6. The Labute approximate surface area is 141 Å². The second-order valence-corrected chi connectivity index (χ2v) is 6.45. The summed E-state index contributed by atoms with van der Waals surface area (Å²) >= 11 is 1.29. The minimum atomic E-state index is -1.03. The second-order valence-electron chi connectivity index (χ2n) is 5.37. The minimum absolute atomic E-state index is 0.0163. The quantitative estimate of drug-likeness (QED) is 0.299. The zero-order valence-corrected chi connectivity index (χ0v) is 13.5. The van der Waals surface area contributed by atoms with Crippen molar-refractivity contribution >= 4 is 28.9 Å². The van der Waals surface area contributed by atoms with Crippen LogP contribution in [0, 0.1) is 5.92 Å². The number of ether oxygens (including phenoxy) is 1. The van der Waals surface area contributed by atoms with Crippen LogP contribution in [0.4, 0.5) is 5.95 Å². The molecule has 0 amide bonds. The van der Waals surface area contributed by atoms with Crippen LogP contribution in [0.25, 0.3) is 11.2 Å². The smallest absolute Gasteiger partial charge is 0.223 e. The molecule has 1 fully saturated rings. The molecular formula is C13H19N5O5S. The van der Waals surface area contributed by atoms with Crippen molar-refractivity contribution in [3.8, 4) is 0 Å². The summed E-state index contributed by atoms with van der Waals surface area (Å²) in [5.41, 5.74) is 6.60. The maximum absolute atomic E-state index is 10.4. The van der Waals surface area contributed by atoms with Gasteiger partial charge in [-0.2, -0.15) is 4.98 Å². The highest BCUT2D eigenvalue weighted by Crippen LogP contribution is 2.36. The summed E-state index contributed by atoms with van der Waals surface area (Å²) < 4.78 is 7.17. The molecule has 1 aliphatic heterocycles. The van der Waals surface area contributed by atoms with E-state index in [4.69, 9.17) is 15.6 Å². The van der Waals surface area contributed by atoms with Crippen LogP contribution in [0.3, 0.4) is 0 Å². The van der Waals surface area contributed by atoms with Gasteiger partial charge in [0.05, 0.1) is 32.3 Å². The summed E-state index contributed by atoms with van der Waals surface area (Å²) in [5.74, 6) is -0.144. The molecule has 4 unspecified atom stereocenters. The number of anilines is 1. The zero-order chi connectivity index (χ0) is 17.3. The number of thioether (sulfide) groups is 1. The third kappa shape index (κ3) is 2.94. The predicted octanol–water partition coefficient (Wildman–Crippen LogP) is -1.65. The third-order valence-electron chi connectivity index (χ3n) is 3.92. The summed E-state index contributed by atoms with van der Waals surface area (Å²) in [5, 5.41) is 38.7. The monoisotopic (exact) mass is 357 g/mol. The van der Waals surface area contributed by atoms with Crippen LogP contribution < -0.4 is 5.73 Å². The van der Waals surface area contributed by atoms with E-state index in [0.29, 0.717) is 21.9 Å². The van der Waals surface area contributed by atoms with Crippen LogP contribution in [-0.2, 0) is 4.74 Å². The Bertz CT molecular complexity index is 713. The molecule has 24 heavy (non-hydrogen) atoms. The molecule has 132 valence electrons. The molecule has 0 bridgehead atoms. The van der Waals surface area contributed by atoms with Crippen molar-refractivity contribution < 1.29 is 25.2 Å². The Morgan fingerprint density at radius 2 is 2.04 bits per heavy atom. The highest BCUT2D eigenvalue weighted by molar-refractivity contribution is 7.99. The Morgan fingerprint density at radius 3 is 2.67 bits per heavy atom. The third-order valence-corrected chi connectivity index (χ3v) is 4.87. The van der Waals surface area contributed by atoms with Gasteiger partial charge in [0, 0.05) is 11.7 Å². The predicted molar refractivity (Wildman–Crippen MR) is 85.1 cm³/mol. The lowest BCUT2D eigenvalue weighted by Crippen LogP contribution is -2.30. The fourth-order valence-electron chi connectivity index (χ4n) is 2.76. The SMILES string of the molecule is Nc1nc(SCCO)c2ncn(C3OC(CO)C(CO)C3O)c2n1. The number of aromatic nitrogens is 4. The first-order valence-electron chi connectivity index (χ1n) is 7.39. The van der Waals surface area contributed by atoms with E-state index in [1.807, 2.05) is 0 Å². The lowest BCUT2D eigenvalue weighted by molar-refractivity contribution is -0.0496. The molecule has 0 aromatic carbocycles. The van der Waals surface area contributed by atoms with Crippen LogP contribution in [0.15, 0.2) is 11.4 Å². The van der Waals surface area contributed by atoms with Gasteiger partial charge in [-0.1, -0.05) is 0 Å². The molecule has 1 saturated heterocycles. The van der Waals surface area contributed by atoms with Crippen molar-refractivity contribution in [3.05, 3.63) is 6.33 Å². The van der Waals surface area contributed by atoms with Gasteiger partial charge in [0.2, 0.25) is 5.95 Å². The fourth-order valence-corrected chi connectivity index (χ4v) is 3.49. The molecule has 0 radical (unpaired) electrons. The lowest BCUT2D eigenvalue weighted by atomic mass is 9.99. The standard InChI is InChI=1S/C13H19N5O5S/c14-13-16-10-8(11(17-13)24-2-1-19)15-5-18(10)12-9(22)6(3-20)7(4-21)23-12/h5-7,9,12,19-22H,1-4H2,(H2,14,16,17). The minimum Gasteiger partial charge on any atom is -0.396 e. The number of aliphatic hydroxyl groups is 4. The van der Waals surface area contributed by atoms with Crippen molar-refractivity contribution in [2.45, 2.75) is 23.5 Å². The topological polar surface area (TPSA) is 160 Å². The molecule has 3 rings (SSSR count). The van der Waals surface area contributed by atoms with Gasteiger partial charge in [0.25, 0.3) is 0 Å². The summed E-state index contributed by atoms with van der Waals surface area (Å²) in [6.07, 6.45) is -1.12. The number of imidazole rings is 1. The van der Waals surface area contributed by atoms with Crippen molar-refractivity contribution in [2.24, 2.45) is 5.92 Å². The maximum atomic E-state index is 10.4. The number of aliphatic hydroxyl groups excluding tert-OH is 4. The molecule has 0 spiro atoms. The van der Waals surface area contributed by atoms with Gasteiger partial charge in [-0.3, -0.25) is 4.57 Å². The first kappa shape index (κ1) is 17.3. The van der Waals surface area contributed by atoms with E-state index in [-0.39, 0.29) is 25.8 Å². The molecule has 6 N–H and O–H groups in total. The Balaban J connectivity index is 2.00. The van der Waals surface area contributed by atoms with Crippen LogP contribution in [0.5, 0.6) is 0 Å². The van der Waals surface area contributed by atoms with Crippen LogP contribution in [0.1, 0.15) is 6.23 Å². The van der Waals surface area contributed by atoms with Gasteiger partial charge in [-0.25, -0.2) is 9.97 Å². The van der Waals surface area contributed by atoms with E-state index in [1.165, 1.54) is 22.7 Å². The Morgan fingerprint density at radius 1 is 1.25 bits per heavy atom. The largest absolute Gasteiger partial charge is 0.396 e. The van der Waals surface area contributed by atoms with Crippen LogP contribution in [-0.4, -0.2) is 77.7 Å². The highest BCUT2D eigenvalue weighted by Gasteiger charge is 2.44. The number of hydrogen-bond donors (Lipinski definition) is 5. The first-order valence-corrected chi connectivity index (χ1v) is 8.38. The molecule has 1 aliphatic rings. The van der Waals surface area contributed by atoms with E-state index in [2.05, 4.69) is 15.0 Å². The van der Waals surface area contributed by atoms with Gasteiger partial charge in [-0.05, 0) is 0 Å². The van der Waals surface area contributed by atoms with Crippen molar-refractivity contribution in [3.63, 3.8) is 0 Å². The van der Waals surface area contributed by atoms with E-state index in [9.17, 15) is 15.3 Å². The fraction of sp³-hybridized carbons (Fsp3) is 0.615. The number of nitrogens with two attached hydrogens (primary N) is 1. The highest BCUT2D eigenvalue weighted by atomic mass is 32.2. The van der Waals surface area contributed by atoms with Gasteiger partial charge >= 0.3 is 0 Å². The molecule has 0 aliphatic carbocycles. The van der Waals surface area contributed by atoms with Gasteiger partial charge in [0.1, 0.15) is 16.6 Å². The molecule has 3 heterocycles. The average molecular weight is 357 g/mol. The summed E-state index contributed by atoms with van der Waals surface area (Å²) in [6, 6.07) is 0. The van der Waals surface area contributed by atoms with Crippen molar-refractivity contribution in [2.75, 3.05) is 31.3 Å². The number of nitrogen functional groups attached to an aromatic ring is 1. The lowest BCUT2D eigenvalue weighted by Gasteiger charge is -2.17. The number of hydrogen-bond acceptors (Lipinski definition) is 10. The number of fused-ring (bicyclic) bond motifs is 1. The van der Waals surface area contributed by atoms with Crippen molar-refractivity contribution in [1.29, 1.82) is 0 Å². The Hall–Kier alpha value is -1.50. The van der Waals surface area contributed by atoms with E-state index < -0.39 is 24.4 Å². The second kappa shape index (κ2) is 7.17. The van der Waals surface area contributed by atoms with Crippen LogP contribution in [0.2, 0.25) is 0 Å². The average Bonchev–Trinajstić information content (AvgIpc) is 3.12. The molecule has 0 saturated carbocycles. The molecule has 2 aromatic heterocycles. The normalized spacial score (nSPS) is 27.2.